The molecule has 0 aliphatic heterocycles. The van der Waals surface area contributed by atoms with Gasteiger partial charge < -0.3 is 10.5 Å². The summed E-state index contributed by atoms with van der Waals surface area (Å²) in [7, 11) is 0. The maximum Gasteiger partial charge on any atom is 0.323 e. The van der Waals surface area contributed by atoms with Crippen molar-refractivity contribution >= 4 is 5.97 Å². The Morgan fingerprint density at radius 2 is 2.23 bits per heavy atom. The van der Waals surface area contributed by atoms with Crippen molar-refractivity contribution in [2.45, 2.75) is 39.2 Å². The van der Waals surface area contributed by atoms with Crippen LogP contribution in [0.15, 0.2) is 0 Å². The number of rotatable bonds is 5. The lowest BCUT2D eigenvalue weighted by atomic mass is 10.0. The number of ether oxygens (including phenoxy) is 1. The van der Waals surface area contributed by atoms with E-state index in [0.717, 1.165) is 6.42 Å². The summed E-state index contributed by atoms with van der Waals surface area (Å²) in [4.78, 5) is 11.3. The number of esters is 1. The molecule has 2 atom stereocenters. The highest BCUT2D eigenvalue weighted by molar-refractivity contribution is 5.75. The Kier molecular flexibility index (Phi) is 3.72. The van der Waals surface area contributed by atoms with E-state index in [4.69, 9.17) is 10.5 Å². The van der Waals surface area contributed by atoms with Gasteiger partial charge in [0.25, 0.3) is 0 Å². The van der Waals surface area contributed by atoms with E-state index in [2.05, 4.69) is 0 Å². The third-order valence-corrected chi connectivity index (χ3v) is 2.69. The van der Waals surface area contributed by atoms with Gasteiger partial charge in [0.1, 0.15) is 6.04 Å². The second-order valence-corrected chi connectivity index (χ2v) is 3.98. The molecule has 1 fully saturated rings. The van der Waals surface area contributed by atoms with Gasteiger partial charge >= 0.3 is 5.97 Å². The van der Waals surface area contributed by atoms with Crippen molar-refractivity contribution in [1.82, 2.24) is 0 Å². The third-order valence-electron chi connectivity index (χ3n) is 2.69. The molecule has 1 rings (SSSR count). The molecule has 0 aromatic carbocycles. The molecule has 3 nitrogen and oxygen atoms in total. The van der Waals surface area contributed by atoms with Crippen molar-refractivity contribution in [2.24, 2.45) is 17.6 Å². The van der Waals surface area contributed by atoms with Gasteiger partial charge in [0.05, 0.1) is 6.61 Å². The van der Waals surface area contributed by atoms with Crippen LogP contribution in [0.4, 0.5) is 0 Å². The van der Waals surface area contributed by atoms with E-state index in [-0.39, 0.29) is 11.9 Å². The lowest BCUT2D eigenvalue weighted by molar-refractivity contribution is -0.147. The second kappa shape index (κ2) is 4.61. The van der Waals surface area contributed by atoms with Crippen LogP contribution in [0.1, 0.15) is 33.1 Å². The molecule has 0 bridgehead atoms. The van der Waals surface area contributed by atoms with Gasteiger partial charge in [-0.3, -0.25) is 4.79 Å². The van der Waals surface area contributed by atoms with Crippen molar-refractivity contribution in [3.63, 3.8) is 0 Å². The van der Waals surface area contributed by atoms with Crippen LogP contribution < -0.4 is 5.73 Å². The minimum Gasteiger partial charge on any atom is -0.464 e. The highest BCUT2D eigenvalue weighted by Gasteiger charge is 2.26. The van der Waals surface area contributed by atoms with E-state index >= 15 is 0 Å². The molecule has 0 spiro atoms. The fourth-order valence-electron chi connectivity index (χ4n) is 1.07. The fourth-order valence-corrected chi connectivity index (χ4v) is 1.07. The zero-order chi connectivity index (χ0) is 9.84. The summed E-state index contributed by atoms with van der Waals surface area (Å²) in [5.41, 5.74) is 5.70. The molecule has 76 valence electrons. The minimum atomic E-state index is -0.441. The number of carbonyl (C=O) groups is 1. The Morgan fingerprint density at radius 3 is 2.69 bits per heavy atom. The lowest BCUT2D eigenvalue weighted by Gasteiger charge is -2.16. The van der Waals surface area contributed by atoms with E-state index in [1.165, 1.54) is 12.8 Å². The summed E-state index contributed by atoms with van der Waals surface area (Å²) >= 11 is 0. The molecule has 3 heteroatoms. The summed E-state index contributed by atoms with van der Waals surface area (Å²) in [6, 6.07) is -0.441. The molecule has 13 heavy (non-hydrogen) atoms. The average molecular weight is 185 g/mol. The topological polar surface area (TPSA) is 52.3 Å². The molecule has 0 aromatic heterocycles. The van der Waals surface area contributed by atoms with Gasteiger partial charge in [-0.1, -0.05) is 20.3 Å². The lowest BCUT2D eigenvalue weighted by Crippen LogP contribution is -2.38. The quantitative estimate of drug-likeness (QED) is 0.657. The van der Waals surface area contributed by atoms with Crippen LogP contribution in [0.3, 0.4) is 0 Å². The maximum absolute atomic E-state index is 11.3. The van der Waals surface area contributed by atoms with Crippen molar-refractivity contribution in [3.8, 4) is 0 Å². The van der Waals surface area contributed by atoms with Gasteiger partial charge in [0.2, 0.25) is 0 Å². The first kappa shape index (κ1) is 10.5. The number of nitrogens with two attached hydrogens (primary N) is 1. The number of carbonyl (C=O) groups excluding carboxylic acids is 1. The van der Waals surface area contributed by atoms with Gasteiger partial charge in [-0.05, 0) is 24.7 Å². The van der Waals surface area contributed by atoms with E-state index in [9.17, 15) is 4.79 Å². The average Bonchev–Trinajstić information content (AvgIpc) is 2.95. The normalized spacial score (nSPS) is 20.8. The fraction of sp³-hybridized carbons (Fsp3) is 0.900. The van der Waals surface area contributed by atoms with Crippen molar-refractivity contribution in [3.05, 3.63) is 0 Å². The molecule has 2 N–H and O–H groups in total. The van der Waals surface area contributed by atoms with Crippen LogP contribution in [0, 0.1) is 11.8 Å². The summed E-state index contributed by atoms with van der Waals surface area (Å²) in [5.74, 6) is 0.598. The van der Waals surface area contributed by atoms with Gasteiger partial charge in [-0.2, -0.15) is 0 Å². The van der Waals surface area contributed by atoms with Gasteiger partial charge in [0.15, 0.2) is 0 Å². The van der Waals surface area contributed by atoms with E-state index < -0.39 is 6.04 Å². The second-order valence-electron chi connectivity index (χ2n) is 3.98. The number of hydrogen-bond acceptors (Lipinski definition) is 3. The van der Waals surface area contributed by atoms with Crippen LogP contribution in [0.2, 0.25) is 0 Å². The first-order valence-corrected chi connectivity index (χ1v) is 5.07. The summed E-state index contributed by atoms with van der Waals surface area (Å²) in [5, 5.41) is 0. The zero-order valence-electron chi connectivity index (χ0n) is 8.45. The molecule has 1 aliphatic rings. The van der Waals surface area contributed by atoms with Crippen LogP contribution in [0.5, 0.6) is 0 Å². The molecular formula is C10H19NO2. The predicted molar refractivity (Wildman–Crippen MR) is 51.1 cm³/mol. The molecule has 1 aliphatic carbocycles. The number of hydrogen-bond donors (Lipinski definition) is 1. The smallest absolute Gasteiger partial charge is 0.323 e. The van der Waals surface area contributed by atoms with E-state index in [1.807, 2.05) is 13.8 Å². The minimum absolute atomic E-state index is 0.215. The predicted octanol–water partition coefficient (Wildman–Crippen LogP) is 1.31. The Morgan fingerprint density at radius 1 is 1.62 bits per heavy atom. The van der Waals surface area contributed by atoms with Crippen molar-refractivity contribution < 1.29 is 9.53 Å². The monoisotopic (exact) mass is 185 g/mol. The Hall–Kier alpha value is -0.570. The van der Waals surface area contributed by atoms with Crippen LogP contribution in [0.25, 0.3) is 0 Å². The molecule has 1 unspecified atom stereocenters. The van der Waals surface area contributed by atoms with Gasteiger partial charge in [-0.25, -0.2) is 0 Å². The highest BCUT2D eigenvalue weighted by Crippen LogP contribution is 2.28. The molecule has 0 radical (unpaired) electrons. The van der Waals surface area contributed by atoms with Crippen molar-refractivity contribution in [1.29, 1.82) is 0 Å². The maximum atomic E-state index is 11.3. The first-order valence-electron chi connectivity index (χ1n) is 5.07. The SMILES string of the molecule is CCC(C)[C@H](N)C(=O)OCC1CC1. The molecule has 0 amide bonds. The van der Waals surface area contributed by atoms with Gasteiger partial charge in [0, 0.05) is 0 Å². The molecule has 0 aromatic rings. The summed E-state index contributed by atoms with van der Waals surface area (Å²) < 4.78 is 5.09. The largest absolute Gasteiger partial charge is 0.464 e. The van der Waals surface area contributed by atoms with E-state index in [0.29, 0.717) is 12.5 Å². The standard InChI is InChI=1S/C10H19NO2/c1-3-7(2)9(11)10(12)13-6-8-4-5-8/h7-9H,3-6,11H2,1-2H3/t7?,9-/m0/s1. The van der Waals surface area contributed by atoms with Gasteiger partial charge in [-0.15, -0.1) is 0 Å². The Balaban J connectivity index is 2.19. The first-order chi connectivity index (χ1) is 6.15. The molecule has 0 saturated heterocycles. The summed E-state index contributed by atoms with van der Waals surface area (Å²) in [6.45, 7) is 4.57. The van der Waals surface area contributed by atoms with Crippen molar-refractivity contribution in [2.75, 3.05) is 6.61 Å². The summed E-state index contributed by atoms with van der Waals surface area (Å²) in [6.07, 6.45) is 3.32. The zero-order valence-corrected chi connectivity index (χ0v) is 8.45. The molecule has 1 saturated carbocycles. The molecular weight excluding hydrogens is 166 g/mol. The Labute approximate surface area is 79.6 Å². The van der Waals surface area contributed by atoms with Crippen LogP contribution in [-0.2, 0) is 9.53 Å². The van der Waals surface area contributed by atoms with Crippen LogP contribution >= 0.6 is 0 Å². The van der Waals surface area contributed by atoms with E-state index in [1.54, 1.807) is 0 Å². The third kappa shape index (κ3) is 3.35. The highest BCUT2D eigenvalue weighted by atomic mass is 16.5. The molecule has 0 heterocycles. The Bertz CT molecular complexity index is 178. The van der Waals surface area contributed by atoms with Crippen LogP contribution in [-0.4, -0.2) is 18.6 Å².